The molecule has 4 nitrogen and oxygen atoms in total. The molecular weight excluding hydrogens is 251 g/mol. The third-order valence-electron chi connectivity index (χ3n) is 2.00. The van der Waals surface area contributed by atoms with E-state index in [0.29, 0.717) is 12.0 Å². The van der Waals surface area contributed by atoms with Crippen LogP contribution in [0.5, 0.6) is 0 Å². The van der Waals surface area contributed by atoms with Gasteiger partial charge in [0.05, 0.1) is 10.6 Å². The second-order valence-electron chi connectivity index (χ2n) is 3.38. The maximum absolute atomic E-state index is 11.7. The van der Waals surface area contributed by atoms with Crippen LogP contribution in [0.4, 0.5) is 0 Å². The van der Waals surface area contributed by atoms with Crippen molar-refractivity contribution in [1.82, 2.24) is 10.3 Å². The van der Waals surface area contributed by atoms with Crippen molar-refractivity contribution in [3.8, 4) is 0 Å². The zero-order valence-electron chi connectivity index (χ0n) is 8.70. The molecule has 0 saturated heterocycles. The normalized spacial score (nSPS) is 12.2. The van der Waals surface area contributed by atoms with Gasteiger partial charge in [0.2, 0.25) is 0 Å². The minimum absolute atomic E-state index is 0.0288. The number of carbonyl (C=O) groups excluding carboxylic acids is 1. The molecule has 0 fully saturated rings. The van der Waals surface area contributed by atoms with Crippen LogP contribution in [-0.4, -0.2) is 28.6 Å². The fourth-order valence-electron chi connectivity index (χ4n) is 1.12. The lowest BCUT2D eigenvalue weighted by atomic mass is 10.2. The second kappa shape index (κ2) is 6.03. The molecular formula is C10H12Cl2N2O2. The fraction of sp³-hybridized carbons (Fsp3) is 0.400. The van der Waals surface area contributed by atoms with Gasteiger partial charge in [-0.05, 0) is 19.4 Å². The molecule has 16 heavy (non-hydrogen) atoms. The number of halogens is 2. The van der Waals surface area contributed by atoms with Gasteiger partial charge in [0.25, 0.3) is 5.91 Å². The first-order valence-electron chi connectivity index (χ1n) is 4.77. The predicted molar refractivity (Wildman–Crippen MR) is 62.9 cm³/mol. The van der Waals surface area contributed by atoms with Crippen LogP contribution in [0.1, 0.15) is 23.7 Å². The third kappa shape index (κ3) is 3.63. The zero-order chi connectivity index (χ0) is 12.1. The summed E-state index contributed by atoms with van der Waals surface area (Å²) >= 11 is 11.4. The minimum atomic E-state index is -0.285. The second-order valence-corrected chi connectivity index (χ2v) is 4.15. The largest absolute Gasteiger partial charge is 0.396 e. The van der Waals surface area contributed by atoms with Crippen molar-refractivity contribution in [1.29, 1.82) is 0 Å². The number of carbonyl (C=O) groups is 1. The van der Waals surface area contributed by atoms with Crippen LogP contribution in [0, 0.1) is 0 Å². The summed E-state index contributed by atoms with van der Waals surface area (Å²) in [4.78, 5) is 15.4. The monoisotopic (exact) mass is 262 g/mol. The Bertz CT molecular complexity index is 385. The lowest BCUT2D eigenvalue weighted by molar-refractivity contribution is 0.0934. The first-order chi connectivity index (χ1) is 7.54. The van der Waals surface area contributed by atoms with E-state index in [-0.39, 0.29) is 28.7 Å². The number of hydrogen-bond donors (Lipinski definition) is 2. The first-order valence-corrected chi connectivity index (χ1v) is 5.53. The molecule has 0 aliphatic heterocycles. The van der Waals surface area contributed by atoms with E-state index in [1.54, 1.807) is 6.92 Å². The number of nitrogens with one attached hydrogen (secondary N) is 1. The molecule has 1 aromatic rings. The van der Waals surface area contributed by atoms with Crippen LogP contribution in [-0.2, 0) is 0 Å². The van der Waals surface area contributed by atoms with E-state index >= 15 is 0 Å². The standard InChI is InChI=1S/C10H12Cl2N2O2/c1-6(2-3-15)14-10(16)7-4-8(11)9(12)13-5-7/h4-6,15H,2-3H2,1H3,(H,14,16). The van der Waals surface area contributed by atoms with Gasteiger partial charge in [-0.15, -0.1) is 0 Å². The number of aliphatic hydroxyl groups excluding tert-OH is 1. The molecule has 0 saturated carbocycles. The van der Waals surface area contributed by atoms with Gasteiger partial charge in [0.1, 0.15) is 5.15 Å². The topological polar surface area (TPSA) is 62.2 Å². The minimum Gasteiger partial charge on any atom is -0.396 e. The Labute approximate surface area is 104 Å². The van der Waals surface area contributed by atoms with Crippen molar-refractivity contribution in [2.75, 3.05) is 6.61 Å². The third-order valence-corrected chi connectivity index (χ3v) is 2.68. The molecule has 6 heteroatoms. The Morgan fingerprint density at radius 1 is 1.62 bits per heavy atom. The van der Waals surface area contributed by atoms with Gasteiger partial charge in [0, 0.05) is 18.8 Å². The molecule has 1 unspecified atom stereocenters. The number of rotatable bonds is 4. The fourth-order valence-corrected chi connectivity index (χ4v) is 1.39. The highest BCUT2D eigenvalue weighted by molar-refractivity contribution is 6.41. The summed E-state index contributed by atoms with van der Waals surface area (Å²) in [6.07, 6.45) is 1.86. The van der Waals surface area contributed by atoms with E-state index in [0.717, 1.165) is 0 Å². The summed E-state index contributed by atoms with van der Waals surface area (Å²) in [5.41, 5.74) is 0.346. The molecule has 1 atom stereocenters. The highest BCUT2D eigenvalue weighted by Gasteiger charge is 2.11. The van der Waals surface area contributed by atoms with E-state index in [1.807, 2.05) is 0 Å². The van der Waals surface area contributed by atoms with Crippen LogP contribution < -0.4 is 5.32 Å². The highest BCUT2D eigenvalue weighted by Crippen LogP contribution is 2.19. The van der Waals surface area contributed by atoms with Crippen LogP contribution in [0.3, 0.4) is 0 Å². The summed E-state index contributed by atoms with van der Waals surface area (Å²) in [5, 5.41) is 11.8. The van der Waals surface area contributed by atoms with Crippen molar-refractivity contribution in [2.24, 2.45) is 0 Å². The summed E-state index contributed by atoms with van der Waals surface area (Å²) in [5.74, 6) is -0.285. The van der Waals surface area contributed by atoms with Gasteiger partial charge in [-0.3, -0.25) is 4.79 Å². The van der Waals surface area contributed by atoms with E-state index in [2.05, 4.69) is 10.3 Å². The van der Waals surface area contributed by atoms with Crippen molar-refractivity contribution in [3.63, 3.8) is 0 Å². The number of hydrogen-bond acceptors (Lipinski definition) is 3. The summed E-state index contributed by atoms with van der Waals surface area (Å²) in [6, 6.07) is 1.35. The molecule has 1 aromatic heterocycles. The SMILES string of the molecule is CC(CCO)NC(=O)c1cnc(Cl)c(Cl)c1. The van der Waals surface area contributed by atoms with E-state index < -0.39 is 0 Å². The average Bonchev–Trinajstić information content (AvgIpc) is 2.22. The Hall–Kier alpha value is -0.840. The number of aliphatic hydroxyl groups is 1. The summed E-state index contributed by atoms with van der Waals surface area (Å²) < 4.78 is 0. The lowest BCUT2D eigenvalue weighted by Crippen LogP contribution is -2.33. The Kier molecular flexibility index (Phi) is 4.99. The first kappa shape index (κ1) is 13.2. The van der Waals surface area contributed by atoms with E-state index in [9.17, 15) is 4.79 Å². The van der Waals surface area contributed by atoms with Crippen molar-refractivity contribution >= 4 is 29.1 Å². The number of aromatic nitrogens is 1. The Morgan fingerprint density at radius 2 is 2.31 bits per heavy atom. The Morgan fingerprint density at radius 3 is 2.88 bits per heavy atom. The molecule has 1 rings (SSSR count). The number of pyridine rings is 1. The molecule has 1 heterocycles. The van der Waals surface area contributed by atoms with Gasteiger partial charge in [-0.1, -0.05) is 23.2 Å². The van der Waals surface area contributed by atoms with Crippen molar-refractivity contribution < 1.29 is 9.90 Å². The van der Waals surface area contributed by atoms with Gasteiger partial charge in [0.15, 0.2) is 0 Å². The predicted octanol–water partition coefficient (Wildman–Crippen LogP) is 1.89. The summed E-state index contributed by atoms with van der Waals surface area (Å²) in [6.45, 7) is 1.83. The maximum Gasteiger partial charge on any atom is 0.253 e. The van der Waals surface area contributed by atoms with Crippen molar-refractivity contribution in [2.45, 2.75) is 19.4 Å². The zero-order valence-corrected chi connectivity index (χ0v) is 10.2. The van der Waals surface area contributed by atoms with Crippen LogP contribution in [0.25, 0.3) is 0 Å². The molecule has 0 aliphatic rings. The number of nitrogens with zero attached hydrogens (tertiary/aromatic N) is 1. The smallest absolute Gasteiger partial charge is 0.253 e. The number of amides is 1. The van der Waals surface area contributed by atoms with Crippen LogP contribution in [0.2, 0.25) is 10.2 Å². The quantitative estimate of drug-likeness (QED) is 0.815. The van der Waals surface area contributed by atoms with Gasteiger partial charge in [-0.25, -0.2) is 4.98 Å². The molecule has 0 aliphatic carbocycles. The molecule has 2 N–H and O–H groups in total. The van der Waals surface area contributed by atoms with Crippen LogP contribution in [0.15, 0.2) is 12.3 Å². The molecule has 0 aromatic carbocycles. The van der Waals surface area contributed by atoms with Gasteiger partial charge in [-0.2, -0.15) is 0 Å². The average molecular weight is 263 g/mol. The highest BCUT2D eigenvalue weighted by atomic mass is 35.5. The molecule has 0 radical (unpaired) electrons. The van der Waals surface area contributed by atoms with Crippen molar-refractivity contribution in [3.05, 3.63) is 28.0 Å². The van der Waals surface area contributed by atoms with E-state index in [1.165, 1.54) is 12.3 Å². The molecule has 88 valence electrons. The van der Waals surface area contributed by atoms with Gasteiger partial charge < -0.3 is 10.4 Å². The van der Waals surface area contributed by atoms with Gasteiger partial charge >= 0.3 is 0 Å². The molecule has 0 spiro atoms. The molecule has 0 bridgehead atoms. The lowest BCUT2D eigenvalue weighted by Gasteiger charge is -2.12. The maximum atomic E-state index is 11.7. The Balaban J connectivity index is 2.69. The summed E-state index contributed by atoms with van der Waals surface area (Å²) in [7, 11) is 0. The van der Waals surface area contributed by atoms with Crippen LogP contribution >= 0.6 is 23.2 Å². The molecule has 1 amide bonds. The van der Waals surface area contributed by atoms with E-state index in [4.69, 9.17) is 28.3 Å².